The van der Waals surface area contributed by atoms with E-state index in [9.17, 15) is 4.79 Å². The van der Waals surface area contributed by atoms with Crippen molar-refractivity contribution in [3.05, 3.63) is 47.7 Å². The number of carbonyl (C=O) groups excluding carboxylic acids is 1. The van der Waals surface area contributed by atoms with E-state index in [1.807, 2.05) is 37.4 Å². The molecule has 0 aliphatic rings. The van der Waals surface area contributed by atoms with Gasteiger partial charge in [0.2, 0.25) is 0 Å². The van der Waals surface area contributed by atoms with Crippen LogP contribution in [-0.4, -0.2) is 24.3 Å². The Kier molecular flexibility index (Phi) is 4.63. The van der Waals surface area contributed by atoms with Crippen LogP contribution >= 0.6 is 11.8 Å². The van der Waals surface area contributed by atoms with Gasteiger partial charge in [-0.05, 0) is 43.0 Å². The summed E-state index contributed by atoms with van der Waals surface area (Å²) < 4.78 is 5.28. The van der Waals surface area contributed by atoms with Crippen molar-refractivity contribution < 1.29 is 9.53 Å². The van der Waals surface area contributed by atoms with Crippen molar-refractivity contribution in [2.24, 2.45) is 0 Å². The van der Waals surface area contributed by atoms with Gasteiger partial charge in [0.1, 0.15) is 11.6 Å². The predicted molar refractivity (Wildman–Crippen MR) is 81.7 cm³/mol. The van der Waals surface area contributed by atoms with E-state index in [1.54, 1.807) is 31.1 Å². The number of carbonyl (C=O) groups is 1. The van der Waals surface area contributed by atoms with Crippen LogP contribution in [-0.2, 0) is 0 Å². The number of anilines is 1. The molecule has 0 aliphatic carbocycles. The lowest BCUT2D eigenvalue weighted by Crippen LogP contribution is -2.15. The lowest BCUT2D eigenvalue weighted by Gasteiger charge is -2.11. The first kappa shape index (κ1) is 14.4. The Morgan fingerprint density at radius 2 is 2.15 bits per heavy atom. The maximum Gasteiger partial charge on any atom is 0.260 e. The molecular formula is C15H16N2O2S. The summed E-state index contributed by atoms with van der Waals surface area (Å²) in [6.07, 6.45) is 3.63. The lowest BCUT2D eigenvalue weighted by molar-refractivity contribution is 0.102. The maximum absolute atomic E-state index is 12.3. The fourth-order valence-electron chi connectivity index (χ4n) is 1.78. The third-order valence-corrected chi connectivity index (χ3v) is 3.62. The molecule has 0 unspecified atom stereocenters. The van der Waals surface area contributed by atoms with Crippen molar-refractivity contribution in [1.29, 1.82) is 0 Å². The number of nitrogens with zero attached hydrogens (tertiary/aromatic N) is 1. The van der Waals surface area contributed by atoms with Crippen molar-refractivity contribution in [1.82, 2.24) is 4.98 Å². The van der Waals surface area contributed by atoms with Crippen LogP contribution < -0.4 is 10.1 Å². The number of rotatable bonds is 4. The van der Waals surface area contributed by atoms with Gasteiger partial charge in [-0.2, -0.15) is 0 Å². The quantitative estimate of drug-likeness (QED) is 0.876. The molecule has 2 rings (SSSR count). The molecule has 1 N–H and O–H groups in total. The number of nitrogens with one attached hydrogen (secondary N) is 1. The molecule has 104 valence electrons. The molecule has 1 aromatic carbocycles. The van der Waals surface area contributed by atoms with Crippen molar-refractivity contribution in [3.63, 3.8) is 0 Å². The van der Waals surface area contributed by atoms with Gasteiger partial charge in [-0.3, -0.25) is 4.79 Å². The Morgan fingerprint density at radius 3 is 2.80 bits per heavy atom. The summed E-state index contributed by atoms with van der Waals surface area (Å²) in [5, 5.41) is 2.80. The third kappa shape index (κ3) is 3.11. The Balaban J connectivity index is 2.27. The molecule has 0 aliphatic heterocycles. The summed E-state index contributed by atoms with van der Waals surface area (Å²) in [4.78, 5) is 17.5. The van der Waals surface area contributed by atoms with Gasteiger partial charge >= 0.3 is 0 Å². The zero-order valence-corrected chi connectivity index (χ0v) is 12.5. The van der Waals surface area contributed by atoms with Gasteiger partial charge in [-0.1, -0.05) is 6.07 Å². The highest BCUT2D eigenvalue weighted by Gasteiger charge is 2.14. The molecule has 0 atom stereocenters. The van der Waals surface area contributed by atoms with Crippen molar-refractivity contribution in [2.75, 3.05) is 18.7 Å². The third-order valence-electron chi connectivity index (χ3n) is 2.89. The molecule has 0 saturated carbocycles. The first-order valence-electron chi connectivity index (χ1n) is 6.10. The van der Waals surface area contributed by atoms with Crippen LogP contribution in [0.15, 0.2) is 41.4 Å². The molecule has 4 nitrogen and oxygen atoms in total. The first-order chi connectivity index (χ1) is 9.65. The van der Waals surface area contributed by atoms with E-state index < -0.39 is 0 Å². The van der Waals surface area contributed by atoms with E-state index in [4.69, 9.17) is 4.74 Å². The second kappa shape index (κ2) is 6.43. The highest BCUT2D eigenvalue weighted by atomic mass is 32.2. The molecule has 0 spiro atoms. The van der Waals surface area contributed by atoms with E-state index in [2.05, 4.69) is 10.3 Å². The number of ether oxygens (including phenoxy) is 1. The van der Waals surface area contributed by atoms with Crippen LogP contribution in [0, 0.1) is 6.92 Å². The van der Waals surface area contributed by atoms with E-state index in [0.29, 0.717) is 17.1 Å². The van der Waals surface area contributed by atoms with Crippen LogP contribution in [0.25, 0.3) is 0 Å². The Labute approximate surface area is 122 Å². The summed E-state index contributed by atoms with van der Waals surface area (Å²) in [6.45, 7) is 1.90. The minimum Gasteiger partial charge on any atom is -0.496 e. The fraction of sp³-hybridized carbons (Fsp3) is 0.200. The molecule has 2 aromatic rings. The van der Waals surface area contributed by atoms with Gasteiger partial charge in [0.15, 0.2) is 0 Å². The molecule has 5 heteroatoms. The second-order valence-corrected chi connectivity index (χ2v) is 5.07. The number of amides is 1. The monoisotopic (exact) mass is 288 g/mol. The number of aromatic nitrogens is 1. The number of methoxy groups -OCH3 is 1. The normalized spacial score (nSPS) is 10.2. The van der Waals surface area contributed by atoms with Crippen LogP contribution in [0.3, 0.4) is 0 Å². The maximum atomic E-state index is 12.3. The van der Waals surface area contributed by atoms with E-state index in [0.717, 1.165) is 10.5 Å². The molecule has 1 amide bonds. The standard InChI is InChI=1S/C15H16N2O2S/c1-10-5-4-8-16-14(10)17-15(18)12-7-6-11(20-3)9-13(12)19-2/h4-9H,1-3H3,(H,16,17,18). The Bertz CT molecular complexity index is 629. The number of thioether (sulfide) groups is 1. The molecule has 0 saturated heterocycles. The minimum absolute atomic E-state index is 0.226. The van der Waals surface area contributed by atoms with Crippen LogP contribution in [0.1, 0.15) is 15.9 Å². The van der Waals surface area contributed by atoms with Crippen molar-refractivity contribution >= 4 is 23.5 Å². The van der Waals surface area contributed by atoms with E-state index >= 15 is 0 Å². The SMILES string of the molecule is COc1cc(SC)ccc1C(=O)Nc1ncccc1C. The number of pyridine rings is 1. The average Bonchev–Trinajstić information content (AvgIpc) is 2.48. The molecular weight excluding hydrogens is 272 g/mol. The van der Waals surface area contributed by atoms with Crippen molar-refractivity contribution in [3.8, 4) is 5.75 Å². The number of hydrogen-bond donors (Lipinski definition) is 1. The molecule has 1 aromatic heterocycles. The molecule has 1 heterocycles. The van der Waals surface area contributed by atoms with Crippen molar-refractivity contribution in [2.45, 2.75) is 11.8 Å². The van der Waals surface area contributed by atoms with Gasteiger partial charge in [0.05, 0.1) is 12.7 Å². The summed E-state index contributed by atoms with van der Waals surface area (Å²) in [5.41, 5.74) is 1.41. The van der Waals surface area contributed by atoms with Gasteiger partial charge in [0, 0.05) is 11.1 Å². The van der Waals surface area contributed by atoms with Crippen LogP contribution in [0.4, 0.5) is 5.82 Å². The average molecular weight is 288 g/mol. The van der Waals surface area contributed by atoms with Gasteiger partial charge in [0.25, 0.3) is 5.91 Å². The summed E-state index contributed by atoms with van der Waals surface area (Å²) in [7, 11) is 1.56. The fourth-order valence-corrected chi connectivity index (χ4v) is 2.21. The van der Waals surface area contributed by atoms with Crippen LogP contribution in [0.2, 0.25) is 0 Å². The van der Waals surface area contributed by atoms with Gasteiger partial charge in [-0.15, -0.1) is 11.8 Å². The highest BCUT2D eigenvalue weighted by molar-refractivity contribution is 7.98. The largest absolute Gasteiger partial charge is 0.496 e. The minimum atomic E-state index is -0.226. The Hall–Kier alpha value is -2.01. The zero-order chi connectivity index (χ0) is 14.5. The summed E-state index contributed by atoms with van der Waals surface area (Å²) in [6, 6.07) is 9.24. The van der Waals surface area contributed by atoms with Gasteiger partial charge < -0.3 is 10.1 Å². The number of aryl methyl sites for hydroxylation is 1. The highest BCUT2D eigenvalue weighted by Crippen LogP contribution is 2.26. The Morgan fingerprint density at radius 1 is 1.35 bits per heavy atom. The lowest BCUT2D eigenvalue weighted by atomic mass is 10.2. The topological polar surface area (TPSA) is 51.2 Å². The summed E-state index contributed by atoms with van der Waals surface area (Å²) in [5.74, 6) is 0.896. The molecule has 20 heavy (non-hydrogen) atoms. The molecule has 0 fully saturated rings. The number of benzene rings is 1. The van der Waals surface area contributed by atoms with E-state index in [-0.39, 0.29) is 5.91 Å². The number of hydrogen-bond acceptors (Lipinski definition) is 4. The second-order valence-electron chi connectivity index (χ2n) is 4.19. The molecule has 0 bridgehead atoms. The molecule has 0 radical (unpaired) electrons. The smallest absolute Gasteiger partial charge is 0.260 e. The van der Waals surface area contributed by atoms with Crippen LogP contribution in [0.5, 0.6) is 5.75 Å². The predicted octanol–water partition coefficient (Wildman–Crippen LogP) is 3.37. The summed E-state index contributed by atoms with van der Waals surface area (Å²) >= 11 is 1.60. The van der Waals surface area contributed by atoms with Gasteiger partial charge in [-0.25, -0.2) is 4.98 Å². The van der Waals surface area contributed by atoms with E-state index in [1.165, 1.54) is 0 Å². The zero-order valence-electron chi connectivity index (χ0n) is 11.6. The first-order valence-corrected chi connectivity index (χ1v) is 7.33.